The maximum atomic E-state index is 5.71. The summed E-state index contributed by atoms with van der Waals surface area (Å²) in [6, 6.07) is 145. The van der Waals surface area contributed by atoms with Crippen LogP contribution in [0.25, 0.3) is 207 Å². The second-order valence-electron chi connectivity index (χ2n) is 31.0. The van der Waals surface area contributed by atoms with Gasteiger partial charge in [-0.3, -0.25) is 0 Å². The smallest absolute Gasteiger partial charge is 0.164 e. The van der Waals surface area contributed by atoms with Crippen molar-refractivity contribution >= 4 is 38.9 Å². The van der Waals surface area contributed by atoms with E-state index in [1.807, 2.05) is 54.2 Å². The highest BCUT2D eigenvalue weighted by molar-refractivity contribution is 8.03. The normalized spacial score (nSPS) is 12.8. The van der Waals surface area contributed by atoms with E-state index in [0.29, 0.717) is 34.9 Å². The molecule has 0 fully saturated rings. The van der Waals surface area contributed by atoms with Crippen molar-refractivity contribution in [1.82, 2.24) is 44.9 Å². The van der Waals surface area contributed by atoms with Crippen LogP contribution in [0.5, 0.6) is 0 Å². The van der Waals surface area contributed by atoms with E-state index in [2.05, 4.69) is 382 Å². The lowest BCUT2D eigenvalue weighted by atomic mass is 9.87. The highest BCUT2D eigenvalue weighted by Gasteiger charge is 2.34. The second-order valence-corrected chi connectivity index (χ2v) is 32.0. The molecule has 16 aromatic carbocycles. The number of thioether (sulfide) groups is 1. The van der Waals surface area contributed by atoms with E-state index in [4.69, 9.17) is 44.9 Å². The molecule has 0 spiro atoms. The first-order chi connectivity index (χ1) is 60.9. The summed E-state index contributed by atoms with van der Waals surface area (Å²) in [6.07, 6.45) is 5.34. The summed E-state index contributed by atoms with van der Waals surface area (Å²) in [5.74, 6) is 3.73. The summed E-state index contributed by atoms with van der Waals surface area (Å²) < 4.78 is 0. The quantitative estimate of drug-likeness (QED) is 0.0816. The van der Waals surface area contributed by atoms with Gasteiger partial charge in [-0.1, -0.05) is 370 Å². The lowest BCUT2D eigenvalue weighted by Crippen LogP contribution is -2.07. The fourth-order valence-corrected chi connectivity index (χ4v) is 18.7. The topological polar surface area (TPSA) is 116 Å². The molecule has 576 valence electrons. The lowest BCUT2D eigenvalue weighted by molar-refractivity contribution is 0.838. The van der Waals surface area contributed by atoms with E-state index < -0.39 is 0 Å². The molecule has 9 nitrogen and oxygen atoms in total. The Morgan fingerprint density at radius 3 is 1.09 bits per heavy atom. The number of rotatable bonds is 17. The third-order valence-electron chi connectivity index (χ3n) is 23.4. The molecule has 4 aromatic heterocycles. The van der Waals surface area contributed by atoms with E-state index in [1.165, 1.54) is 20.8 Å². The molecule has 2 aliphatic rings. The molecule has 0 radical (unpaired) electrons. The molecule has 10 heteroatoms. The van der Waals surface area contributed by atoms with Crippen LogP contribution in [0, 0.1) is 0 Å². The van der Waals surface area contributed by atoms with Gasteiger partial charge < -0.3 is 0 Å². The van der Waals surface area contributed by atoms with Gasteiger partial charge in [0, 0.05) is 82.5 Å². The molecule has 20 aromatic rings. The van der Waals surface area contributed by atoms with Crippen LogP contribution in [-0.2, 0) is 0 Å². The van der Waals surface area contributed by atoms with Crippen molar-refractivity contribution in [2.24, 2.45) is 0 Å². The van der Waals surface area contributed by atoms with Crippen molar-refractivity contribution in [1.29, 1.82) is 0 Å². The van der Waals surface area contributed by atoms with Crippen molar-refractivity contribution in [2.75, 3.05) is 0 Å². The molecular weight excluding hydrogens is 1520 g/mol. The summed E-state index contributed by atoms with van der Waals surface area (Å²) in [5, 5.41) is 4.61. The molecule has 1 atom stereocenters. The van der Waals surface area contributed by atoms with Gasteiger partial charge in [-0.15, -0.1) is 0 Å². The SMILES string of the molecule is C1=CC(c2nc(-c3ccccc3)nc(-c3ccc(-c4ccccc4-c4nc(-c5ccccc5)cc(-c5ccccc5)n4)cc3-c3ccccc3)n2)=C2Sc3ccc(-c4cccc(-c5cc(-c6ccccc6)nc(-c6ccc(-c7ccccc7-c7nc(-c8ccccc8)cc(-c8ccccc8)n7)cc6-c6cc7ccccc7c7ccccc67)n5)c4)cc3C2C1. The van der Waals surface area contributed by atoms with Crippen molar-refractivity contribution in [3.8, 4) is 180 Å². The Hall–Kier alpha value is -15.9. The number of aromatic nitrogens is 9. The van der Waals surface area contributed by atoms with Gasteiger partial charge in [0.25, 0.3) is 0 Å². The Kier molecular flexibility index (Phi) is 19.2. The van der Waals surface area contributed by atoms with Crippen LogP contribution in [0.4, 0.5) is 0 Å². The summed E-state index contributed by atoms with van der Waals surface area (Å²) >= 11 is 1.82. The monoisotopic (exact) mass is 1590 g/mol. The average Bonchev–Trinajstić information content (AvgIpc) is 1.64. The third kappa shape index (κ3) is 14.4. The summed E-state index contributed by atoms with van der Waals surface area (Å²) in [5.41, 5.74) is 28.0. The van der Waals surface area contributed by atoms with Gasteiger partial charge in [0.15, 0.2) is 34.9 Å². The molecule has 1 aliphatic carbocycles. The Balaban J connectivity index is 0.635. The first-order valence-electron chi connectivity index (χ1n) is 41.5. The molecule has 123 heavy (non-hydrogen) atoms. The first kappa shape index (κ1) is 73.5. The van der Waals surface area contributed by atoms with Crippen LogP contribution >= 0.6 is 11.8 Å². The number of hydrogen-bond donors (Lipinski definition) is 0. The standard InChI is InChI=1S/C113H73N9S/c1-8-32-72(33-9-1)96-66-82(86-50-24-28-54-91(86)109-114-100(73-34-10-2-11-35-73)69-101(115-109)74-36-12-3-13-37-74)58-61-93(96)112-120-108(78-44-20-7-21-45-78)121-113(122-112)95-57-31-56-90-99-65-80(60-63-106(99)123-107(90)95)79-47-30-48-84(64-79)105-71-104(77-42-18-6-19-43-77)118-111(119-105)94-62-59-83(68-98(94)97-67-81-46-22-23-49-85(81)88-52-26-27-53-89(88)97)87-51-25-29-55-92(87)110-116-102(75-38-14-4-15-39-75)70-103(117-110)76-40-16-5-17-41-76/h1-55,57-71,90H,56H2. The van der Waals surface area contributed by atoms with Gasteiger partial charge in [0.2, 0.25) is 0 Å². The summed E-state index contributed by atoms with van der Waals surface area (Å²) in [7, 11) is 0. The zero-order chi connectivity index (χ0) is 81.5. The van der Waals surface area contributed by atoms with Crippen molar-refractivity contribution in [3.05, 3.63) is 441 Å². The van der Waals surface area contributed by atoms with Crippen LogP contribution in [0.2, 0.25) is 0 Å². The number of hydrogen-bond acceptors (Lipinski definition) is 10. The Morgan fingerprint density at radius 2 is 0.569 bits per heavy atom. The van der Waals surface area contributed by atoms with E-state index in [9.17, 15) is 0 Å². The van der Waals surface area contributed by atoms with Gasteiger partial charge in [-0.25, -0.2) is 44.9 Å². The van der Waals surface area contributed by atoms with E-state index >= 15 is 0 Å². The second kappa shape index (κ2) is 32.1. The predicted octanol–water partition coefficient (Wildman–Crippen LogP) is 28.8. The van der Waals surface area contributed by atoms with Crippen LogP contribution in [-0.4, -0.2) is 44.9 Å². The maximum absolute atomic E-state index is 5.71. The van der Waals surface area contributed by atoms with Crippen LogP contribution < -0.4 is 0 Å². The molecule has 0 saturated carbocycles. The van der Waals surface area contributed by atoms with Crippen LogP contribution in [0.1, 0.15) is 23.7 Å². The van der Waals surface area contributed by atoms with Gasteiger partial charge in [-0.05, 0) is 156 Å². The third-order valence-corrected chi connectivity index (χ3v) is 24.7. The largest absolute Gasteiger partial charge is 0.228 e. The fourth-order valence-electron chi connectivity index (χ4n) is 17.3. The van der Waals surface area contributed by atoms with Gasteiger partial charge in [0.1, 0.15) is 0 Å². The van der Waals surface area contributed by atoms with Crippen LogP contribution in [0.3, 0.4) is 0 Å². The lowest BCUT2D eigenvalue weighted by Gasteiger charge is -2.20. The van der Waals surface area contributed by atoms with Crippen molar-refractivity contribution in [3.63, 3.8) is 0 Å². The Bertz CT molecular complexity index is 7420. The van der Waals surface area contributed by atoms with E-state index in [0.717, 1.165) is 179 Å². The average molecular weight is 1590 g/mol. The Labute approximate surface area is 717 Å². The minimum atomic E-state index is 0.0622. The summed E-state index contributed by atoms with van der Waals surface area (Å²) in [6.45, 7) is 0. The van der Waals surface area contributed by atoms with E-state index in [1.54, 1.807) is 0 Å². The number of fused-ring (bicyclic) bond motifs is 6. The van der Waals surface area contributed by atoms with Crippen LogP contribution in [0.15, 0.2) is 434 Å². The zero-order valence-electron chi connectivity index (χ0n) is 66.6. The van der Waals surface area contributed by atoms with Gasteiger partial charge >= 0.3 is 0 Å². The highest BCUT2D eigenvalue weighted by atomic mass is 32.2. The summed E-state index contributed by atoms with van der Waals surface area (Å²) in [4.78, 5) is 51.5. The number of allylic oxidation sites excluding steroid dienone is 4. The van der Waals surface area contributed by atoms with Gasteiger partial charge in [0.05, 0.1) is 34.2 Å². The zero-order valence-corrected chi connectivity index (χ0v) is 67.4. The molecule has 0 amide bonds. The molecule has 0 bridgehead atoms. The Morgan fingerprint density at radius 1 is 0.203 bits per heavy atom. The molecular formula is C113H73N9S. The molecule has 5 heterocycles. The van der Waals surface area contributed by atoms with Crippen molar-refractivity contribution in [2.45, 2.75) is 17.2 Å². The molecule has 1 aliphatic heterocycles. The first-order valence-corrected chi connectivity index (χ1v) is 42.3. The molecule has 22 rings (SSSR count). The maximum Gasteiger partial charge on any atom is 0.164 e. The minimum Gasteiger partial charge on any atom is -0.228 e. The molecule has 0 saturated heterocycles. The highest BCUT2D eigenvalue weighted by Crippen LogP contribution is 2.56. The van der Waals surface area contributed by atoms with Gasteiger partial charge in [-0.2, -0.15) is 0 Å². The molecule has 1 unspecified atom stereocenters. The minimum absolute atomic E-state index is 0.0622. The van der Waals surface area contributed by atoms with Crippen molar-refractivity contribution < 1.29 is 0 Å². The predicted molar refractivity (Wildman–Crippen MR) is 504 cm³/mol. The number of benzene rings is 16. The van der Waals surface area contributed by atoms with E-state index in [-0.39, 0.29) is 5.92 Å². The molecule has 0 N–H and O–H groups in total. The number of nitrogens with zero attached hydrogens (tertiary/aromatic N) is 9. The fraction of sp³-hybridized carbons (Fsp3) is 0.0177.